The number of methoxy groups -OCH3 is 1. The van der Waals surface area contributed by atoms with Gasteiger partial charge < -0.3 is 10.1 Å². The van der Waals surface area contributed by atoms with Crippen molar-refractivity contribution in [1.29, 1.82) is 0 Å². The summed E-state index contributed by atoms with van der Waals surface area (Å²) in [7, 11) is 1.34. The van der Waals surface area contributed by atoms with Crippen LogP contribution in [0.4, 0.5) is 5.00 Å². The molecule has 6 heteroatoms. The highest BCUT2D eigenvalue weighted by molar-refractivity contribution is 7.17. The van der Waals surface area contributed by atoms with Crippen LogP contribution in [0.1, 0.15) is 34.1 Å². The first-order valence-electron chi connectivity index (χ1n) is 5.72. The maximum absolute atomic E-state index is 11.8. The summed E-state index contributed by atoms with van der Waals surface area (Å²) in [6, 6.07) is 0. The van der Waals surface area contributed by atoms with E-state index in [-0.39, 0.29) is 5.91 Å². The molecule has 0 unspecified atom stereocenters. The molecule has 0 fully saturated rings. The van der Waals surface area contributed by atoms with Gasteiger partial charge in [0.05, 0.1) is 12.7 Å². The van der Waals surface area contributed by atoms with Crippen LogP contribution in [-0.4, -0.2) is 24.4 Å². The average Bonchev–Trinajstić information content (AvgIpc) is 2.87. The van der Waals surface area contributed by atoms with Gasteiger partial charge in [-0.1, -0.05) is 0 Å². The number of aryl methyl sites for hydroxylation is 1. The van der Waals surface area contributed by atoms with Crippen LogP contribution in [0.25, 0.3) is 0 Å². The third-order valence-corrected chi connectivity index (χ3v) is 4.31. The zero-order chi connectivity index (χ0) is 13.3. The summed E-state index contributed by atoms with van der Waals surface area (Å²) in [5, 5.41) is 2.63. The smallest absolute Gasteiger partial charge is 0.341 e. The Bertz CT molecular complexity index is 496. The fourth-order valence-electron chi connectivity index (χ4n) is 2.02. The molecule has 1 aliphatic rings. The fraction of sp³-hybridized carbons (Fsp3) is 0.500. The predicted octanol–water partition coefficient (Wildman–Crippen LogP) is 2.59. The molecule has 1 amide bonds. The van der Waals surface area contributed by atoms with Crippen molar-refractivity contribution in [3.8, 4) is 0 Å². The van der Waals surface area contributed by atoms with Crippen LogP contribution in [0.3, 0.4) is 0 Å². The summed E-state index contributed by atoms with van der Waals surface area (Å²) in [5.74, 6) is -0.700. The number of anilines is 1. The summed E-state index contributed by atoms with van der Waals surface area (Å²) >= 11 is 7.16. The average molecular weight is 288 g/mol. The molecule has 98 valence electrons. The Morgan fingerprint density at radius 2 is 2.17 bits per heavy atom. The summed E-state index contributed by atoms with van der Waals surface area (Å²) < 4.78 is 4.79. The number of nitrogens with one attached hydrogen (secondary N) is 1. The second-order valence-corrected chi connectivity index (χ2v) is 5.92. The molecule has 1 aliphatic carbocycles. The van der Waals surface area contributed by atoms with Crippen molar-refractivity contribution in [2.24, 2.45) is 0 Å². The van der Waals surface area contributed by atoms with Gasteiger partial charge in [-0.2, -0.15) is 0 Å². The largest absolute Gasteiger partial charge is 0.465 e. The second-order valence-electron chi connectivity index (χ2n) is 4.16. The van der Waals surface area contributed by atoms with E-state index < -0.39 is 11.3 Å². The number of amides is 1. The predicted molar refractivity (Wildman–Crippen MR) is 71.6 cm³/mol. The molecule has 1 aromatic heterocycles. The molecule has 0 radical (unpaired) electrons. The Labute approximate surface area is 114 Å². The molecule has 2 rings (SSSR count). The van der Waals surface area contributed by atoms with E-state index in [0.717, 1.165) is 29.7 Å². The van der Waals surface area contributed by atoms with Crippen LogP contribution in [0, 0.1) is 0 Å². The monoisotopic (exact) mass is 287 g/mol. The normalized spacial score (nSPS) is 15.1. The van der Waals surface area contributed by atoms with Gasteiger partial charge in [0.2, 0.25) is 5.91 Å². The number of hydrogen-bond acceptors (Lipinski definition) is 4. The van der Waals surface area contributed by atoms with Gasteiger partial charge >= 0.3 is 5.97 Å². The molecule has 0 bridgehead atoms. The van der Waals surface area contributed by atoms with Gasteiger partial charge in [-0.15, -0.1) is 22.9 Å². The van der Waals surface area contributed by atoms with Crippen LogP contribution in [0.2, 0.25) is 0 Å². The lowest BCUT2D eigenvalue weighted by Crippen LogP contribution is -2.21. The van der Waals surface area contributed by atoms with E-state index in [1.807, 2.05) is 0 Å². The molecule has 0 aliphatic heterocycles. The summed E-state index contributed by atoms with van der Waals surface area (Å²) in [5.41, 5.74) is 1.52. The molecular formula is C12H14ClNO3S. The number of thiophene rings is 1. The Morgan fingerprint density at radius 3 is 2.78 bits per heavy atom. The third kappa shape index (κ3) is 2.37. The zero-order valence-electron chi connectivity index (χ0n) is 10.2. The molecule has 1 heterocycles. The maximum atomic E-state index is 11.8. The standard InChI is InChI=1S/C12H14ClNO3S/c1-6(13)10(15)14-11-9(12(16)17-2)7-4-3-5-8(7)18-11/h6H,3-5H2,1-2H3,(H,14,15)/t6-/m0/s1. The lowest BCUT2D eigenvalue weighted by atomic mass is 10.1. The summed E-state index contributed by atoms with van der Waals surface area (Å²) in [6.07, 6.45) is 2.87. The number of rotatable bonds is 3. The molecule has 0 saturated heterocycles. The topological polar surface area (TPSA) is 55.4 Å². The van der Waals surface area contributed by atoms with Crippen molar-refractivity contribution in [3.05, 3.63) is 16.0 Å². The molecule has 0 saturated carbocycles. The number of halogens is 1. The third-order valence-electron chi connectivity index (χ3n) is 2.91. The number of carbonyl (C=O) groups excluding carboxylic acids is 2. The van der Waals surface area contributed by atoms with Gasteiger partial charge in [0.25, 0.3) is 0 Å². The maximum Gasteiger partial charge on any atom is 0.341 e. The van der Waals surface area contributed by atoms with Crippen LogP contribution < -0.4 is 5.32 Å². The number of alkyl halides is 1. The van der Waals surface area contributed by atoms with Crippen LogP contribution in [0.15, 0.2) is 0 Å². The highest BCUT2D eigenvalue weighted by Crippen LogP contribution is 2.39. The lowest BCUT2D eigenvalue weighted by molar-refractivity contribution is -0.115. The molecular weight excluding hydrogens is 274 g/mol. The van der Waals surface area contributed by atoms with Crippen molar-refractivity contribution in [2.45, 2.75) is 31.6 Å². The Balaban J connectivity index is 2.35. The van der Waals surface area contributed by atoms with Crippen molar-refractivity contribution in [1.82, 2.24) is 0 Å². The Hall–Kier alpha value is -1.07. The van der Waals surface area contributed by atoms with E-state index >= 15 is 0 Å². The van der Waals surface area contributed by atoms with E-state index in [1.165, 1.54) is 18.4 Å². The Kier molecular flexibility index (Phi) is 3.92. The molecule has 1 N–H and O–H groups in total. The number of esters is 1. The first-order chi connectivity index (χ1) is 8.54. The first kappa shape index (κ1) is 13.4. The van der Waals surface area contributed by atoms with E-state index in [4.69, 9.17) is 16.3 Å². The van der Waals surface area contributed by atoms with E-state index in [2.05, 4.69) is 5.32 Å². The molecule has 0 spiro atoms. The Morgan fingerprint density at radius 1 is 1.44 bits per heavy atom. The van der Waals surface area contributed by atoms with Crippen molar-refractivity contribution < 1.29 is 14.3 Å². The quantitative estimate of drug-likeness (QED) is 0.687. The number of hydrogen-bond donors (Lipinski definition) is 1. The molecule has 1 aromatic rings. The minimum absolute atomic E-state index is 0.304. The highest BCUT2D eigenvalue weighted by Gasteiger charge is 2.28. The van der Waals surface area contributed by atoms with Gasteiger partial charge in [-0.05, 0) is 31.7 Å². The first-order valence-corrected chi connectivity index (χ1v) is 6.97. The van der Waals surface area contributed by atoms with Crippen molar-refractivity contribution in [3.63, 3.8) is 0 Å². The SMILES string of the molecule is COC(=O)c1c(NC(=O)[C@H](C)Cl)sc2c1CCC2. The van der Waals surface area contributed by atoms with Crippen LogP contribution in [0.5, 0.6) is 0 Å². The highest BCUT2D eigenvalue weighted by atomic mass is 35.5. The van der Waals surface area contributed by atoms with E-state index in [9.17, 15) is 9.59 Å². The molecule has 4 nitrogen and oxygen atoms in total. The second kappa shape index (κ2) is 5.28. The van der Waals surface area contributed by atoms with Crippen molar-refractivity contribution in [2.75, 3.05) is 12.4 Å². The molecule has 1 atom stereocenters. The minimum Gasteiger partial charge on any atom is -0.465 e. The summed E-state index contributed by atoms with van der Waals surface area (Å²) in [6.45, 7) is 1.59. The van der Waals surface area contributed by atoms with Crippen molar-refractivity contribution >= 4 is 39.8 Å². The van der Waals surface area contributed by atoms with E-state index in [1.54, 1.807) is 6.92 Å². The van der Waals surface area contributed by atoms with Gasteiger partial charge in [0.15, 0.2) is 0 Å². The number of ether oxygens (including phenoxy) is 1. The van der Waals surface area contributed by atoms with Crippen LogP contribution >= 0.6 is 22.9 Å². The fourth-order valence-corrected chi connectivity index (χ4v) is 3.36. The van der Waals surface area contributed by atoms with Gasteiger partial charge in [-0.3, -0.25) is 4.79 Å². The number of fused-ring (bicyclic) bond motifs is 1. The molecule has 0 aromatic carbocycles. The zero-order valence-corrected chi connectivity index (χ0v) is 11.8. The number of carbonyl (C=O) groups is 2. The van der Waals surface area contributed by atoms with E-state index in [0.29, 0.717) is 10.6 Å². The van der Waals surface area contributed by atoms with Gasteiger partial charge in [0, 0.05) is 4.88 Å². The van der Waals surface area contributed by atoms with Gasteiger partial charge in [0.1, 0.15) is 10.4 Å². The minimum atomic E-state index is -0.632. The van der Waals surface area contributed by atoms with Crippen LogP contribution in [-0.2, 0) is 22.4 Å². The summed E-state index contributed by atoms with van der Waals surface area (Å²) in [4.78, 5) is 24.6. The van der Waals surface area contributed by atoms with Gasteiger partial charge in [-0.25, -0.2) is 4.79 Å². The molecule has 18 heavy (non-hydrogen) atoms. The lowest BCUT2D eigenvalue weighted by Gasteiger charge is -2.07.